The zero-order valence-electron chi connectivity index (χ0n) is 22.5. The van der Waals surface area contributed by atoms with Crippen molar-refractivity contribution in [2.45, 2.75) is 39.0 Å². The lowest BCUT2D eigenvalue weighted by molar-refractivity contribution is -0.137. The summed E-state index contributed by atoms with van der Waals surface area (Å²) in [6.45, 7) is 2.08. The molecule has 7 nitrogen and oxygen atoms in total. The third kappa shape index (κ3) is 5.23. The van der Waals surface area contributed by atoms with Crippen molar-refractivity contribution in [3.63, 3.8) is 0 Å². The summed E-state index contributed by atoms with van der Waals surface area (Å²) in [5.41, 5.74) is 2.33. The first kappa shape index (κ1) is 27.2. The van der Waals surface area contributed by atoms with Crippen molar-refractivity contribution in [3.8, 4) is 28.2 Å². The monoisotopic (exact) mass is 570 g/mol. The molecule has 1 N–H and O–H groups in total. The van der Waals surface area contributed by atoms with E-state index in [2.05, 4.69) is 20.6 Å². The average molecular weight is 571 g/mol. The number of aromatic nitrogens is 4. The second kappa shape index (κ2) is 11.1. The van der Waals surface area contributed by atoms with Crippen LogP contribution in [0, 0.1) is 0 Å². The lowest BCUT2D eigenvalue weighted by Crippen LogP contribution is -2.04. The van der Waals surface area contributed by atoms with E-state index in [0.29, 0.717) is 46.0 Å². The van der Waals surface area contributed by atoms with E-state index in [-0.39, 0.29) is 12.4 Å². The van der Waals surface area contributed by atoms with Crippen LogP contribution in [0.3, 0.4) is 0 Å². The largest absolute Gasteiger partial charge is 0.485 e. The third-order valence-corrected chi connectivity index (χ3v) is 7.13. The van der Waals surface area contributed by atoms with E-state index >= 15 is 0 Å². The van der Waals surface area contributed by atoms with Crippen LogP contribution in [0.2, 0.25) is 0 Å². The van der Waals surface area contributed by atoms with Gasteiger partial charge in [0.15, 0.2) is 11.6 Å². The number of rotatable bonds is 9. The van der Waals surface area contributed by atoms with Gasteiger partial charge in [-0.15, -0.1) is 5.10 Å². The molecule has 0 radical (unpaired) electrons. The maximum atomic E-state index is 13.3. The summed E-state index contributed by atoms with van der Waals surface area (Å²) in [7, 11) is 0. The van der Waals surface area contributed by atoms with Gasteiger partial charge in [-0.05, 0) is 63.5 Å². The number of Topliss-reactive ketones (excluding diaryl/α,β-unsaturated/α-hetero) is 1. The Morgan fingerprint density at radius 2 is 1.74 bits per heavy atom. The minimum atomic E-state index is -4.45. The number of nitrogens with zero attached hydrogens (tertiary/aromatic N) is 3. The number of alkyl halides is 3. The molecule has 0 aliphatic heterocycles. The molecule has 0 saturated heterocycles. The molecule has 0 unspecified atom stereocenters. The molecule has 0 aliphatic carbocycles. The molecule has 0 bridgehead atoms. The first-order valence-corrected chi connectivity index (χ1v) is 13.5. The molecule has 42 heavy (non-hydrogen) atoms. The normalized spacial score (nSPS) is 11.8. The smallest absolute Gasteiger partial charge is 0.416 e. The molecule has 0 aliphatic rings. The molecule has 6 aromatic rings. The highest BCUT2D eigenvalue weighted by Crippen LogP contribution is 2.42. The number of tetrazole rings is 1. The Hall–Kier alpha value is -4.99. The molecule has 0 fully saturated rings. The van der Waals surface area contributed by atoms with Gasteiger partial charge in [-0.1, -0.05) is 61.9 Å². The molecular weight excluding hydrogens is 545 g/mol. The molecule has 0 spiro atoms. The van der Waals surface area contributed by atoms with Crippen LogP contribution in [0.15, 0.2) is 83.3 Å². The standard InChI is InChI=1S/C32H25F3N4O3/c1-2-3-7-25(40)30-24-6-4-5-8-26(24)42-31(30)21-11-15-23-20(17-21)12-16-27(41-18-28-36-38-39-37-28)29(23)19-9-13-22(14-10-19)32(33,34)35/h4-6,8-17H,2-3,7,18H2,1H3,(H,36,37,38,39). The van der Waals surface area contributed by atoms with E-state index in [9.17, 15) is 18.0 Å². The van der Waals surface area contributed by atoms with Gasteiger partial charge in [-0.2, -0.15) is 13.2 Å². The van der Waals surface area contributed by atoms with Gasteiger partial charge in [-0.3, -0.25) is 4.79 Å². The number of fused-ring (bicyclic) bond motifs is 2. The number of ether oxygens (including phenoxy) is 1. The van der Waals surface area contributed by atoms with E-state index in [0.717, 1.165) is 46.7 Å². The fraction of sp³-hybridized carbons (Fsp3) is 0.188. The maximum Gasteiger partial charge on any atom is 0.416 e. The number of carbonyl (C=O) groups excluding carboxylic acids is 1. The predicted molar refractivity (Wildman–Crippen MR) is 152 cm³/mol. The Bertz CT molecular complexity index is 1880. The Kier molecular flexibility index (Phi) is 7.20. The highest BCUT2D eigenvalue weighted by atomic mass is 19.4. The molecule has 2 heterocycles. The quantitative estimate of drug-likeness (QED) is 0.175. The van der Waals surface area contributed by atoms with Crippen LogP contribution in [0.5, 0.6) is 5.75 Å². The maximum absolute atomic E-state index is 13.3. The van der Waals surface area contributed by atoms with E-state index < -0.39 is 11.7 Å². The summed E-state index contributed by atoms with van der Waals surface area (Å²) >= 11 is 0. The van der Waals surface area contributed by atoms with Gasteiger partial charge in [-0.25, -0.2) is 5.10 Å². The van der Waals surface area contributed by atoms with Crippen molar-refractivity contribution in [1.82, 2.24) is 20.6 Å². The number of benzene rings is 4. The number of ketones is 1. The second-order valence-corrected chi connectivity index (χ2v) is 9.92. The summed E-state index contributed by atoms with van der Waals surface area (Å²) in [6.07, 6.45) is -2.36. The van der Waals surface area contributed by atoms with Crippen LogP contribution >= 0.6 is 0 Å². The number of nitrogens with one attached hydrogen (secondary N) is 1. The molecule has 6 rings (SSSR count). The molecule has 4 aromatic carbocycles. The van der Waals surface area contributed by atoms with Gasteiger partial charge in [0, 0.05) is 22.9 Å². The van der Waals surface area contributed by atoms with Gasteiger partial charge >= 0.3 is 6.18 Å². The van der Waals surface area contributed by atoms with E-state index in [4.69, 9.17) is 9.15 Å². The molecule has 10 heteroatoms. The predicted octanol–water partition coefficient (Wildman–Crippen LogP) is 8.40. The molecule has 2 aromatic heterocycles. The summed E-state index contributed by atoms with van der Waals surface area (Å²) in [5, 5.41) is 15.9. The number of aromatic amines is 1. The van der Waals surface area contributed by atoms with Gasteiger partial charge in [0.05, 0.1) is 11.1 Å². The molecule has 0 atom stereocenters. The highest BCUT2D eigenvalue weighted by molar-refractivity contribution is 6.12. The lowest BCUT2D eigenvalue weighted by Gasteiger charge is -2.16. The van der Waals surface area contributed by atoms with E-state index in [1.807, 2.05) is 55.5 Å². The highest BCUT2D eigenvalue weighted by Gasteiger charge is 2.30. The second-order valence-electron chi connectivity index (χ2n) is 9.92. The molecule has 0 amide bonds. The summed E-state index contributed by atoms with van der Waals surface area (Å²) < 4.78 is 52.1. The Morgan fingerprint density at radius 3 is 2.48 bits per heavy atom. The number of unbranched alkanes of at least 4 members (excludes halogenated alkanes) is 1. The van der Waals surface area contributed by atoms with Crippen molar-refractivity contribution >= 4 is 27.5 Å². The van der Waals surface area contributed by atoms with Crippen LogP contribution in [0.4, 0.5) is 13.2 Å². The SMILES string of the molecule is CCCCC(=O)c1c(-c2ccc3c(-c4ccc(C(F)(F)F)cc4)c(OCc4nnn[nH]4)ccc3c2)oc2ccccc12. The first-order chi connectivity index (χ1) is 20.3. The van der Waals surface area contributed by atoms with Crippen LogP contribution in [0.25, 0.3) is 44.2 Å². The van der Waals surface area contributed by atoms with Crippen LogP contribution in [-0.2, 0) is 12.8 Å². The van der Waals surface area contributed by atoms with Gasteiger partial charge in [0.1, 0.15) is 23.7 Å². The number of halogens is 3. The fourth-order valence-corrected chi connectivity index (χ4v) is 5.07. The van der Waals surface area contributed by atoms with Crippen molar-refractivity contribution in [2.75, 3.05) is 0 Å². The number of hydrogen-bond donors (Lipinski definition) is 1. The summed E-state index contributed by atoms with van der Waals surface area (Å²) in [5.74, 6) is 1.36. The van der Waals surface area contributed by atoms with Crippen molar-refractivity contribution in [3.05, 3.63) is 95.8 Å². The van der Waals surface area contributed by atoms with Crippen LogP contribution in [0.1, 0.15) is 47.9 Å². The van der Waals surface area contributed by atoms with Gasteiger partial charge < -0.3 is 9.15 Å². The Labute approximate surface area is 238 Å². The summed E-state index contributed by atoms with van der Waals surface area (Å²) in [4.78, 5) is 13.3. The topological polar surface area (TPSA) is 93.9 Å². The van der Waals surface area contributed by atoms with Gasteiger partial charge in [0.2, 0.25) is 0 Å². The van der Waals surface area contributed by atoms with Crippen LogP contribution < -0.4 is 4.74 Å². The number of carbonyl (C=O) groups is 1. The van der Waals surface area contributed by atoms with Crippen molar-refractivity contribution in [1.29, 1.82) is 0 Å². The Balaban J connectivity index is 1.48. The molecular formula is C32H25F3N4O3. The van der Waals surface area contributed by atoms with E-state index in [1.54, 1.807) is 6.07 Å². The number of H-pyrrole nitrogens is 1. The van der Waals surface area contributed by atoms with Crippen molar-refractivity contribution in [2.24, 2.45) is 0 Å². The molecule has 212 valence electrons. The lowest BCUT2D eigenvalue weighted by atomic mass is 9.93. The number of para-hydroxylation sites is 1. The fourth-order valence-electron chi connectivity index (χ4n) is 5.07. The van der Waals surface area contributed by atoms with Crippen LogP contribution in [-0.4, -0.2) is 26.4 Å². The molecule has 0 saturated carbocycles. The zero-order valence-corrected chi connectivity index (χ0v) is 22.5. The van der Waals surface area contributed by atoms with Crippen molar-refractivity contribution < 1.29 is 27.1 Å². The van der Waals surface area contributed by atoms with Gasteiger partial charge in [0.25, 0.3) is 0 Å². The minimum Gasteiger partial charge on any atom is -0.485 e. The third-order valence-electron chi connectivity index (χ3n) is 7.13. The zero-order chi connectivity index (χ0) is 29.3. The number of hydrogen-bond acceptors (Lipinski definition) is 6. The number of furan rings is 1. The van der Waals surface area contributed by atoms with E-state index in [1.165, 1.54) is 12.1 Å². The minimum absolute atomic E-state index is 0.0213. The summed E-state index contributed by atoms with van der Waals surface area (Å²) in [6, 6.07) is 21.7. The first-order valence-electron chi connectivity index (χ1n) is 13.5. The average Bonchev–Trinajstić information content (AvgIpc) is 3.66. The Morgan fingerprint density at radius 1 is 0.952 bits per heavy atom.